The third-order valence-corrected chi connectivity index (χ3v) is 4.24. The summed E-state index contributed by atoms with van der Waals surface area (Å²) in [5.41, 5.74) is 6.32. The molecule has 108 valence electrons. The number of hydrogen-bond donors (Lipinski definition) is 1. The Morgan fingerprint density at radius 1 is 1.35 bits per heavy atom. The van der Waals surface area contributed by atoms with Gasteiger partial charge in [-0.3, -0.25) is 4.79 Å². The molecular formula is C15H18F2N2O. The molecule has 1 saturated heterocycles. The number of carbonyl (C=O) groups is 1. The second-order valence-corrected chi connectivity index (χ2v) is 5.80. The van der Waals surface area contributed by atoms with E-state index in [2.05, 4.69) is 0 Å². The summed E-state index contributed by atoms with van der Waals surface area (Å²) in [7, 11) is 0. The van der Waals surface area contributed by atoms with Crippen LogP contribution in [-0.2, 0) is 4.79 Å². The first-order valence-corrected chi connectivity index (χ1v) is 7.05. The fraction of sp³-hybridized carbons (Fsp3) is 0.533. The van der Waals surface area contributed by atoms with Crippen molar-refractivity contribution in [1.82, 2.24) is 4.90 Å². The predicted molar refractivity (Wildman–Crippen MR) is 71.0 cm³/mol. The van der Waals surface area contributed by atoms with Crippen molar-refractivity contribution in [2.24, 2.45) is 11.7 Å². The summed E-state index contributed by atoms with van der Waals surface area (Å²) >= 11 is 0. The highest BCUT2D eigenvalue weighted by Crippen LogP contribution is 2.49. The van der Waals surface area contributed by atoms with Gasteiger partial charge in [-0.05, 0) is 36.8 Å². The molecule has 1 aromatic rings. The van der Waals surface area contributed by atoms with Gasteiger partial charge in [0.05, 0.1) is 0 Å². The minimum atomic E-state index is -0.586. The molecule has 0 radical (unpaired) electrons. The van der Waals surface area contributed by atoms with Crippen molar-refractivity contribution in [2.45, 2.75) is 31.2 Å². The van der Waals surface area contributed by atoms with Crippen LogP contribution in [0.15, 0.2) is 18.2 Å². The highest BCUT2D eigenvalue weighted by molar-refractivity contribution is 5.83. The van der Waals surface area contributed by atoms with Gasteiger partial charge in [0.15, 0.2) is 0 Å². The van der Waals surface area contributed by atoms with Crippen molar-refractivity contribution < 1.29 is 13.6 Å². The molecule has 1 amide bonds. The Morgan fingerprint density at radius 2 is 2.15 bits per heavy atom. The van der Waals surface area contributed by atoms with E-state index in [9.17, 15) is 13.6 Å². The maximum absolute atomic E-state index is 13.7. The summed E-state index contributed by atoms with van der Waals surface area (Å²) < 4.78 is 26.6. The van der Waals surface area contributed by atoms with E-state index in [0.717, 1.165) is 25.5 Å². The Balaban J connectivity index is 1.67. The number of nitrogens with zero attached hydrogens (tertiary/aromatic N) is 1. The van der Waals surface area contributed by atoms with Crippen LogP contribution >= 0.6 is 0 Å². The van der Waals surface area contributed by atoms with E-state index in [1.807, 2.05) is 0 Å². The molecular weight excluding hydrogens is 262 g/mol. The summed E-state index contributed by atoms with van der Waals surface area (Å²) in [6.07, 6.45) is 2.52. The molecule has 0 spiro atoms. The van der Waals surface area contributed by atoms with Crippen LogP contribution in [0.5, 0.6) is 0 Å². The Kier molecular flexibility index (Phi) is 3.46. The molecule has 3 atom stereocenters. The predicted octanol–water partition coefficient (Wildman–Crippen LogP) is 2.02. The smallest absolute Gasteiger partial charge is 0.226 e. The number of rotatable bonds is 2. The average molecular weight is 280 g/mol. The molecule has 0 aromatic heterocycles. The van der Waals surface area contributed by atoms with Gasteiger partial charge in [-0.1, -0.05) is 6.07 Å². The Hall–Kier alpha value is -1.49. The molecule has 3 nitrogen and oxygen atoms in total. The molecule has 1 heterocycles. The molecule has 20 heavy (non-hydrogen) atoms. The first kappa shape index (κ1) is 13.5. The van der Waals surface area contributed by atoms with Crippen LogP contribution < -0.4 is 5.73 Å². The van der Waals surface area contributed by atoms with Crippen LogP contribution in [0, 0.1) is 17.6 Å². The SMILES string of the molecule is NC1CCCN(C(=O)C2CC2c2ccc(F)cc2F)C1. The van der Waals surface area contributed by atoms with E-state index < -0.39 is 11.6 Å². The van der Waals surface area contributed by atoms with E-state index in [0.29, 0.717) is 18.5 Å². The van der Waals surface area contributed by atoms with Gasteiger partial charge in [0, 0.05) is 31.1 Å². The van der Waals surface area contributed by atoms with Crippen molar-refractivity contribution in [3.05, 3.63) is 35.4 Å². The second kappa shape index (κ2) is 5.13. The van der Waals surface area contributed by atoms with Crippen LogP contribution in [0.4, 0.5) is 8.78 Å². The van der Waals surface area contributed by atoms with Crippen molar-refractivity contribution in [3.8, 4) is 0 Å². The van der Waals surface area contributed by atoms with Crippen LogP contribution in [-0.4, -0.2) is 29.9 Å². The number of halogens is 2. The van der Waals surface area contributed by atoms with Crippen LogP contribution in [0.3, 0.4) is 0 Å². The van der Waals surface area contributed by atoms with Crippen LogP contribution in [0.25, 0.3) is 0 Å². The highest BCUT2D eigenvalue weighted by atomic mass is 19.1. The lowest BCUT2D eigenvalue weighted by atomic mass is 10.0. The number of carbonyl (C=O) groups excluding carboxylic acids is 1. The Morgan fingerprint density at radius 3 is 2.85 bits per heavy atom. The van der Waals surface area contributed by atoms with Crippen molar-refractivity contribution in [3.63, 3.8) is 0 Å². The normalized spacial score (nSPS) is 29.4. The average Bonchev–Trinajstić information content (AvgIpc) is 3.18. The quantitative estimate of drug-likeness (QED) is 0.901. The number of hydrogen-bond acceptors (Lipinski definition) is 2. The van der Waals surface area contributed by atoms with Gasteiger partial charge in [-0.25, -0.2) is 8.78 Å². The van der Waals surface area contributed by atoms with E-state index in [-0.39, 0.29) is 23.8 Å². The molecule has 5 heteroatoms. The molecule has 2 N–H and O–H groups in total. The summed E-state index contributed by atoms with van der Waals surface area (Å²) in [5, 5.41) is 0. The van der Waals surface area contributed by atoms with Gasteiger partial charge in [-0.15, -0.1) is 0 Å². The van der Waals surface area contributed by atoms with Gasteiger partial charge in [0.2, 0.25) is 5.91 Å². The van der Waals surface area contributed by atoms with E-state index >= 15 is 0 Å². The molecule has 0 bridgehead atoms. The van der Waals surface area contributed by atoms with Crippen LogP contribution in [0.1, 0.15) is 30.7 Å². The number of nitrogens with two attached hydrogens (primary N) is 1. The molecule has 1 aliphatic heterocycles. The molecule has 3 unspecified atom stereocenters. The summed E-state index contributed by atoms with van der Waals surface area (Å²) in [6.45, 7) is 1.33. The van der Waals surface area contributed by atoms with Gasteiger partial charge in [0.25, 0.3) is 0 Å². The second-order valence-electron chi connectivity index (χ2n) is 5.80. The topological polar surface area (TPSA) is 46.3 Å². The first-order valence-electron chi connectivity index (χ1n) is 7.05. The summed E-state index contributed by atoms with van der Waals surface area (Å²) in [5.74, 6) is -1.35. The number of piperidine rings is 1. The third kappa shape index (κ3) is 2.54. The lowest BCUT2D eigenvalue weighted by molar-refractivity contribution is -0.133. The van der Waals surface area contributed by atoms with E-state index in [1.54, 1.807) is 4.90 Å². The highest BCUT2D eigenvalue weighted by Gasteiger charge is 2.47. The maximum atomic E-state index is 13.7. The largest absolute Gasteiger partial charge is 0.341 e. The molecule has 1 aliphatic carbocycles. The fourth-order valence-corrected chi connectivity index (χ4v) is 3.06. The van der Waals surface area contributed by atoms with Gasteiger partial charge in [0.1, 0.15) is 11.6 Å². The van der Waals surface area contributed by atoms with Gasteiger partial charge < -0.3 is 10.6 Å². The van der Waals surface area contributed by atoms with E-state index in [4.69, 9.17) is 5.73 Å². The molecule has 1 aromatic carbocycles. The zero-order valence-corrected chi connectivity index (χ0v) is 11.2. The third-order valence-electron chi connectivity index (χ3n) is 4.24. The fourth-order valence-electron chi connectivity index (χ4n) is 3.06. The zero-order valence-electron chi connectivity index (χ0n) is 11.2. The minimum absolute atomic E-state index is 0.0486. The first-order chi connectivity index (χ1) is 9.56. The molecule has 3 rings (SSSR count). The lowest BCUT2D eigenvalue weighted by Gasteiger charge is -2.31. The van der Waals surface area contributed by atoms with Crippen LogP contribution in [0.2, 0.25) is 0 Å². The maximum Gasteiger partial charge on any atom is 0.226 e. The Labute approximate surface area is 116 Å². The standard InChI is InChI=1S/C15H18F2N2O/c16-9-3-4-11(14(17)6-9)12-7-13(12)15(20)19-5-1-2-10(18)8-19/h3-4,6,10,12-13H,1-2,5,7-8,18H2. The molecule has 2 aliphatic rings. The minimum Gasteiger partial charge on any atom is -0.341 e. The lowest BCUT2D eigenvalue weighted by Crippen LogP contribution is -2.46. The van der Waals surface area contributed by atoms with Gasteiger partial charge >= 0.3 is 0 Å². The van der Waals surface area contributed by atoms with Crippen molar-refractivity contribution in [1.29, 1.82) is 0 Å². The zero-order chi connectivity index (χ0) is 14.3. The number of amides is 1. The molecule has 2 fully saturated rings. The van der Waals surface area contributed by atoms with E-state index in [1.165, 1.54) is 12.1 Å². The van der Waals surface area contributed by atoms with Crippen molar-refractivity contribution >= 4 is 5.91 Å². The Bertz CT molecular complexity index is 535. The summed E-state index contributed by atoms with van der Waals surface area (Å²) in [4.78, 5) is 14.1. The molecule has 1 saturated carbocycles. The van der Waals surface area contributed by atoms with Gasteiger partial charge in [-0.2, -0.15) is 0 Å². The number of likely N-dealkylation sites (tertiary alicyclic amines) is 1. The van der Waals surface area contributed by atoms with Crippen molar-refractivity contribution in [2.75, 3.05) is 13.1 Å². The summed E-state index contributed by atoms with van der Waals surface area (Å²) in [6, 6.07) is 3.62. The number of benzene rings is 1. The monoisotopic (exact) mass is 280 g/mol.